The number of benzene rings is 2. The number of carbonyl (C=O) groups is 1. The predicted octanol–water partition coefficient (Wildman–Crippen LogP) is 3.80. The summed E-state index contributed by atoms with van der Waals surface area (Å²) in [6.07, 6.45) is 1.78. The van der Waals surface area contributed by atoms with Crippen molar-refractivity contribution in [3.63, 3.8) is 0 Å². The lowest BCUT2D eigenvalue weighted by atomic mass is 10.2. The van der Waals surface area contributed by atoms with Gasteiger partial charge in [0.05, 0.1) is 11.0 Å². The van der Waals surface area contributed by atoms with Gasteiger partial charge in [0.1, 0.15) is 11.6 Å². The van der Waals surface area contributed by atoms with E-state index in [-0.39, 0.29) is 11.7 Å². The number of hydrogen-bond acceptors (Lipinski definition) is 3. The standard InChI is InChI=1S/C19H19F2N3O2/c20-19(21)26-14-10-8-13(9-11-14)12-22-18(25)7-3-6-17-23-15-4-1-2-5-16(15)24-17/h1-2,4-5,8-11,19H,3,6-7,12H2,(H,22,25)(H,23,24). The number of carbonyl (C=O) groups excluding carboxylic acids is 1. The number of imidazole rings is 1. The van der Waals surface area contributed by atoms with Crippen LogP contribution in [0.2, 0.25) is 0 Å². The molecule has 0 aliphatic rings. The maximum absolute atomic E-state index is 12.1. The fraction of sp³-hybridized carbons (Fsp3) is 0.263. The molecule has 0 saturated carbocycles. The number of nitrogens with zero attached hydrogens (tertiary/aromatic N) is 1. The molecule has 0 spiro atoms. The zero-order valence-corrected chi connectivity index (χ0v) is 14.0. The van der Waals surface area contributed by atoms with Gasteiger partial charge in [0, 0.05) is 19.4 Å². The van der Waals surface area contributed by atoms with E-state index >= 15 is 0 Å². The van der Waals surface area contributed by atoms with Gasteiger partial charge in [-0.25, -0.2) is 4.98 Å². The Morgan fingerprint density at radius 3 is 2.65 bits per heavy atom. The average Bonchev–Trinajstić information content (AvgIpc) is 3.03. The first-order valence-electron chi connectivity index (χ1n) is 8.34. The second kappa shape index (κ2) is 8.42. The van der Waals surface area contributed by atoms with Crippen molar-refractivity contribution in [3.8, 4) is 5.75 Å². The van der Waals surface area contributed by atoms with Crippen LogP contribution in [0.4, 0.5) is 8.78 Å². The Morgan fingerprint density at radius 2 is 1.92 bits per heavy atom. The topological polar surface area (TPSA) is 67.0 Å². The van der Waals surface area contributed by atoms with Crippen LogP contribution in [0.3, 0.4) is 0 Å². The summed E-state index contributed by atoms with van der Waals surface area (Å²) in [6.45, 7) is -2.49. The van der Waals surface area contributed by atoms with E-state index in [4.69, 9.17) is 0 Å². The molecular weight excluding hydrogens is 340 g/mol. The molecule has 1 amide bonds. The quantitative estimate of drug-likeness (QED) is 0.643. The normalized spacial score (nSPS) is 11.0. The van der Waals surface area contributed by atoms with E-state index in [9.17, 15) is 13.6 Å². The molecule has 0 unspecified atom stereocenters. The molecular formula is C19H19F2N3O2. The molecule has 7 heteroatoms. The van der Waals surface area contributed by atoms with E-state index in [0.717, 1.165) is 22.4 Å². The van der Waals surface area contributed by atoms with Crippen molar-refractivity contribution in [1.29, 1.82) is 0 Å². The lowest BCUT2D eigenvalue weighted by Gasteiger charge is -2.07. The summed E-state index contributed by atoms with van der Waals surface area (Å²) in [5, 5.41) is 2.81. The number of aryl methyl sites for hydroxylation is 1. The molecule has 0 atom stereocenters. The predicted molar refractivity (Wildman–Crippen MR) is 94.0 cm³/mol. The first kappa shape index (κ1) is 17.8. The summed E-state index contributed by atoms with van der Waals surface area (Å²) in [5.41, 5.74) is 2.73. The van der Waals surface area contributed by atoms with Crippen molar-refractivity contribution < 1.29 is 18.3 Å². The van der Waals surface area contributed by atoms with E-state index in [1.807, 2.05) is 24.3 Å². The van der Waals surface area contributed by atoms with Crippen LogP contribution in [0.5, 0.6) is 5.75 Å². The van der Waals surface area contributed by atoms with Gasteiger partial charge < -0.3 is 15.0 Å². The van der Waals surface area contributed by atoms with Gasteiger partial charge in [0.2, 0.25) is 5.91 Å². The molecule has 1 aromatic heterocycles. The van der Waals surface area contributed by atoms with E-state index in [1.165, 1.54) is 12.1 Å². The molecule has 26 heavy (non-hydrogen) atoms. The minimum absolute atomic E-state index is 0.0611. The number of rotatable bonds is 8. The number of para-hydroxylation sites is 2. The van der Waals surface area contributed by atoms with Crippen LogP contribution in [0.25, 0.3) is 11.0 Å². The Hall–Kier alpha value is -2.96. The molecule has 2 N–H and O–H groups in total. The van der Waals surface area contributed by atoms with E-state index in [1.54, 1.807) is 12.1 Å². The van der Waals surface area contributed by atoms with Gasteiger partial charge in [-0.3, -0.25) is 4.79 Å². The third kappa shape index (κ3) is 5.02. The summed E-state index contributed by atoms with van der Waals surface area (Å²) in [5.74, 6) is 0.906. The molecule has 0 radical (unpaired) electrons. The van der Waals surface area contributed by atoms with Crippen LogP contribution in [0, 0.1) is 0 Å². The van der Waals surface area contributed by atoms with Gasteiger partial charge in [-0.05, 0) is 36.2 Å². The van der Waals surface area contributed by atoms with Crippen molar-refractivity contribution in [1.82, 2.24) is 15.3 Å². The van der Waals surface area contributed by atoms with Crippen molar-refractivity contribution in [2.24, 2.45) is 0 Å². The van der Waals surface area contributed by atoms with Crippen LogP contribution >= 0.6 is 0 Å². The maximum Gasteiger partial charge on any atom is 0.387 e. The van der Waals surface area contributed by atoms with Gasteiger partial charge in [0.15, 0.2) is 0 Å². The summed E-state index contributed by atoms with van der Waals surface area (Å²) in [4.78, 5) is 19.6. The Morgan fingerprint density at radius 1 is 1.15 bits per heavy atom. The molecule has 3 aromatic rings. The number of nitrogens with one attached hydrogen (secondary N) is 2. The molecule has 1 heterocycles. The molecule has 0 fully saturated rings. The second-order valence-electron chi connectivity index (χ2n) is 5.85. The average molecular weight is 359 g/mol. The van der Waals surface area contributed by atoms with Crippen molar-refractivity contribution in [2.45, 2.75) is 32.4 Å². The number of fused-ring (bicyclic) bond motifs is 1. The van der Waals surface area contributed by atoms with Crippen LogP contribution in [-0.4, -0.2) is 22.5 Å². The fourth-order valence-corrected chi connectivity index (χ4v) is 2.62. The molecule has 0 bridgehead atoms. The van der Waals surface area contributed by atoms with Crippen LogP contribution in [0.1, 0.15) is 24.2 Å². The number of ether oxygens (including phenoxy) is 1. The minimum Gasteiger partial charge on any atom is -0.435 e. The molecule has 3 rings (SSSR count). The summed E-state index contributed by atoms with van der Waals surface area (Å²) >= 11 is 0. The number of hydrogen-bond donors (Lipinski definition) is 2. The van der Waals surface area contributed by atoms with Gasteiger partial charge >= 0.3 is 6.61 Å². The third-order valence-corrected chi connectivity index (χ3v) is 3.89. The zero-order valence-electron chi connectivity index (χ0n) is 14.0. The highest BCUT2D eigenvalue weighted by Crippen LogP contribution is 2.15. The molecule has 0 aliphatic heterocycles. The Labute approximate surface area is 149 Å². The number of aromatic amines is 1. The number of aromatic nitrogens is 2. The second-order valence-corrected chi connectivity index (χ2v) is 5.85. The van der Waals surface area contributed by atoms with Crippen LogP contribution in [-0.2, 0) is 17.8 Å². The number of alkyl halides is 2. The van der Waals surface area contributed by atoms with Gasteiger partial charge in [-0.1, -0.05) is 24.3 Å². The van der Waals surface area contributed by atoms with Gasteiger partial charge in [-0.2, -0.15) is 8.78 Å². The molecule has 2 aromatic carbocycles. The molecule has 136 valence electrons. The maximum atomic E-state index is 12.1. The highest BCUT2D eigenvalue weighted by atomic mass is 19.3. The van der Waals surface area contributed by atoms with Crippen molar-refractivity contribution in [2.75, 3.05) is 0 Å². The molecule has 5 nitrogen and oxygen atoms in total. The molecule has 0 aliphatic carbocycles. The fourth-order valence-electron chi connectivity index (χ4n) is 2.62. The number of H-pyrrole nitrogens is 1. The monoisotopic (exact) mass is 359 g/mol. The van der Waals surface area contributed by atoms with Crippen molar-refractivity contribution >= 4 is 16.9 Å². The number of amides is 1. The van der Waals surface area contributed by atoms with E-state index < -0.39 is 6.61 Å². The van der Waals surface area contributed by atoms with Crippen molar-refractivity contribution in [3.05, 3.63) is 59.9 Å². The van der Waals surface area contributed by atoms with Crippen LogP contribution in [0.15, 0.2) is 48.5 Å². The lowest BCUT2D eigenvalue weighted by Crippen LogP contribution is -2.22. The Balaban J connectivity index is 1.40. The van der Waals surface area contributed by atoms with Gasteiger partial charge in [0.25, 0.3) is 0 Å². The first-order chi connectivity index (χ1) is 12.6. The highest BCUT2D eigenvalue weighted by molar-refractivity contribution is 5.76. The first-order valence-corrected chi connectivity index (χ1v) is 8.34. The smallest absolute Gasteiger partial charge is 0.387 e. The third-order valence-electron chi connectivity index (χ3n) is 3.89. The highest BCUT2D eigenvalue weighted by Gasteiger charge is 2.06. The Bertz CT molecular complexity index is 830. The number of halogens is 2. The SMILES string of the molecule is O=C(CCCc1nc2ccccc2[nH]1)NCc1ccc(OC(F)F)cc1. The van der Waals surface area contributed by atoms with E-state index in [0.29, 0.717) is 25.8 Å². The zero-order chi connectivity index (χ0) is 18.4. The minimum atomic E-state index is -2.84. The lowest BCUT2D eigenvalue weighted by molar-refractivity contribution is -0.121. The summed E-state index contributed by atoms with van der Waals surface area (Å²) in [7, 11) is 0. The largest absolute Gasteiger partial charge is 0.435 e. The summed E-state index contributed by atoms with van der Waals surface area (Å²) < 4.78 is 28.5. The van der Waals surface area contributed by atoms with Crippen LogP contribution < -0.4 is 10.1 Å². The molecule has 0 saturated heterocycles. The van der Waals surface area contributed by atoms with E-state index in [2.05, 4.69) is 20.0 Å². The Kier molecular flexibility index (Phi) is 5.78. The summed E-state index contributed by atoms with van der Waals surface area (Å²) in [6, 6.07) is 14.0. The van der Waals surface area contributed by atoms with Gasteiger partial charge in [-0.15, -0.1) is 0 Å².